The zero-order valence-electron chi connectivity index (χ0n) is 19.1. The second-order valence-corrected chi connectivity index (χ2v) is 9.86. The number of nitrogens with zero attached hydrogens (tertiary/aromatic N) is 1. The number of nitrogens with one attached hydrogen (secondary N) is 1. The molecule has 0 aromatic rings. The lowest BCUT2D eigenvalue weighted by molar-refractivity contribution is -0.162. The monoisotopic (exact) mass is 424 g/mol. The van der Waals surface area contributed by atoms with Crippen molar-refractivity contribution in [3.63, 3.8) is 0 Å². The molecule has 2 bridgehead atoms. The fourth-order valence-corrected chi connectivity index (χ4v) is 5.91. The number of aliphatic hydroxyl groups excluding tert-OH is 1. The number of likely N-dealkylation sites (tertiary alicyclic amines) is 1. The molecule has 2 amide bonds. The van der Waals surface area contributed by atoms with Crippen LogP contribution in [0.1, 0.15) is 54.9 Å². The number of rotatable bonds is 7. The minimum absolute atomic E-state index is 0.0307. The van der Waals surface area contributed by atoms with Crippen LogP contribution in [0.2, 0.25) is 0 Å². The first-order valence-electron chi connectivity index (χ1n) is 11.1. The van der Waals surface area contributed by atoms with Gasteiger partial charge in [0.05, 0.1) is 30.8 Å². The SMILES string of the molecule is CCOC(=O)[C@@H]1[C@H]2C(=O)N([C@@H](CO)C(C)C)C(C(=O)NC(C)C)C23CC(C)[C@@]1(C)O3. The average Bonchev–Trinajstić information content (AvgIpc) is 3.13. The van der Waals surface area contributed by atoms with E-state index in [4.69, 9.17) is 9.47 Å². The molecule has 3 aliphatic heterocycles. The Labute approximate surface area is 178 Å². The largest absolute Gasteiger partial charge is 0.466 e. The fourth-order valence-electron chi connectivity index (χ4n) is 5.91. The van der Waals surface area contributed by atoms with Crippen LogP contribution in [0.4, 0.5) is 0 Å². The lowest BCUT2D eigenvalue weighted by Crippen LogP contribution is -2.59. The molecule has 1 spiro atoms. The van der Waals surface area contributed by atoms with Gasteiger partial charge in [0.2, 0.25) is 11.8 Å². The van der Waals surface area contributed by atoms with E-state index in [1.54, 1.807) is 6.92 Å². The third-order valence-electron chi connectivity index (χ3n) is 7.29. The van der Waals surface area contributed by atoms with Crippen LogP contribution in [0.5, 0.6) is 0 Å². The molecule has 3 heterocycles. The van der Waals surface area contributed by atoms with Crippen LogP contribution in [0.15, 0.2) is 0 Å². The molecule has 3 rings (SSSR count). The van der Waals surface area contributed by atoms with Gasteiger partial charge >= 0.3 is 5.97 Å². The number of carbonyl (C=O) groups is 3. The van der Waals surface area contributed by atoms with Gasteiger partial charge in [-0.3, -0.25) is 14.4 Å². The van der Waals surface area contributed by atoms with Gasteiger partial charge in [-0.05, 0) is 46.0 Å². The molecule has 3 unspecified atom stereocenters. The molecule has 3 fully saturated rings. The van der Waals surface area contributed by atoms with Crippen molar-refractivity contribution in [2.45, 2.75) is 84.2 Å². The van der Waals surface area contributed by atoms with Crippen molar-refractivity contribution in [1.29, 1.82) is 0 Å². The first-order valence-corrected chi connectivity index (χ1v) is 11.1. The molecule has 3 saturated heterocycles. The number of fused-ring (bicyclic) bond motifs is 1. The van der Waals surface area contributed by atoms with Crippen molar-refractivity contribution in [2.75, 3.05) is 13.2 Å². The molecule has 7 atom stereocenters. The van der Waals surface area contributed by atoms with Crippen molar-refractivity contribution in [3.8, 4) is 0 Å². The smallest absolute Gasteiger partial charge is 0.312 e. The second-order valence-electron chi connectivity index (χ2n) is 9.86. The van der Waals surface area contributed by atoms with E-state index in [0.717, 1.165) is 0 Å². The maximum atomic E-state index is 13.8. The van der Waals surface area contributed by atoms with E-state index in [0.29, 0.717) is 6.42 Å². The maximum Gasteiger partial charge on any atom is 0.312 e. The minimum atomic E-state index is -1.11. The number of aliphatic hydroxyl groups is 1. The van der Waals surface area contributed by atoms with Gasteiger partial charge in [-0.1, -0.05) is 20.8 Å². The van der Waals surface area contributed by atoms with Crippen LogP contribution in [-0.2, 0) is 23.9 Å². The van der Waals surface area contributed by atoms with E-state index in [-0.39, 0.29) is 42.9 Å². The van der Waals surface area contributed by atoms with E-state index in [1.807, 2.05) is 41.5 Å². The lowest BCUT2D eigenvalue weighted by atomic mass is 9.62. The topological polar surface area (TPSA) is 105 Å². The number of hydrogen-bond donors (Lipinski definition) is 2. The van der Waals surface area contributed by atoms with Crippen LogP contribution in [0, 0.1) is 23.7 Å². The van der Waals surface area contributed by atoms with Gasteiger partial charge in [0.25, 0.3) is 0 Å². The van der Waals surface area contributed by atoms with Crippen molar-refractivity contribution in [1.82, 2.24) is 10.2 Å². The highest BCUT2D eigenvalue weighted by molar-refractivity contribution is 5.98. The Kier molecular flexibility index (Phi) is 5.97. The Morgan fingerprint density at radius 1 is 1.33 bits per heavy atom. The minimum Gasteiger partial charge on any atom is -0.466 e. The van der Waals surface area contributed by atoms with Crippen LogP contribution in [-0.4, -0.2) is 70.3 Å². The van der Waals surface area contributed by atoms with Crippen molar-refractivity contribution < 1.29 is 29.0 Å². The van der Waals surface area contributed by atoms with Crippen LogP contribution < -0.4 is 5.32 Å². The molecule has 0 saturated carbocycles. The van der Waals surface area contributed by atoms with E-state index in [9.17, 15) is 19.5 Å². The number of esters is 1. The van der Waals surface area contributed by atoms with Crippen LogP contribution in [0.3, 0.4) is 0 Å². The Bertz CT molecular complexity index is 724. The number of amides is 2. The fraction of sp³-hybridized carbons (Fsp3) is 0.864. The van der Waals surface area contributed by atoms with Gasteiger partial charge in [0, 0.05) is 6.04 Å². The van der Waals surface area contributed by atoms with Gasteiger partial charge in [0.15, 0.2) is 0 Å². The first kappa shape index (κ1) is 23.0. The Balaban J connectivity index is 2.15. The molecule has 8 nitrogen and oxygen atoms in total. The zero-order chi connectivity index (χ0) is 22.6. The van der Waals surface area contributed by atoms with E-state index < -0.39 is 41.1 Å². The van der Waals surface area contributed by atoms with Crippen molar-refractivity contribution in [3.05, 3.63) is 0 Å². The summed E-state index contributed by atoms with van der Waals surface area (Å²) in [4.78, 5) is 41.7. The van der Waals surface area contributed by atoms with Crippen LogP contribution >= 0.6 is 0 Å². The summed E-state index contributed by atoms with van der Waals surface area (Å²) in [6, 6.07) is -1.57. The number of hydrogen-bond acceptors (Lipinski definition) is 6. The highest BCUT2D eigenvalue weighted by Gasteiger charge is 2.80. The number of ether oxygens (including phenoxy) is 2. The Morgan fingerprint density at radius 2 is 1.97 bits per heavy atom. The lowest BCUT2D eigenvalue weighted by Gasteiger charge is -2.38. The third-order valence-corrected chi connectivity index (χ3v) is 7.29. The summed E-state index contributed by atoms with van der Waals surface area (Å²) < 4.78 is 11.9. The number of carbonyl (C=O) groups excluding carboxylic acids is 3. The molecule has 0 aromatic carbocycles. The highest BCUT2D eigenvalue weighted by Crippen LogP contribution is 2.65. The molecule has 170 valence electrons. The molecule has 0 aromatic heterocycles. The first-order chi connectivity index (χ1) is 14.0. The summed E-state index contributed by atoms with van der Waals surface area (Å²) in [6.07, 6.45) is 0.499. The molecule has 2 N–H and O–H groups in total. The Morgan fingerprint density at radius 3 is 2.47 bits per heavy atom. The summed E-state index contributed by atoms with van der Waals surface area (Å²) in [7, 11) is 0. The van der Waals surface area contributed by atoms with Crippen LogP contribution in [0.25, 0.3) is 0 Å². The van der Waals surface area contributed by atoms with Gasteiger partial charge in [-0.2, -0.15) is 0 Å². The molecule has 30 heavy (non-hydrogen) atoms. The van der Waals surface area contributed by atoms with E-state index in [2.05, 4.69) is 5.32 Å². The molecular weight excluding hydrogens is 388 g/mol. The Hall–Kier alpha value is -1.67. The van der Waals surface area contributed by atoms with Crippen molar-refractivity contribution >= 4 is 17.8 Å². The van der Waals surface area contributed by atoms with Gasteiger partial charge in [0.1, 0.15) is 17.6 Å². The van der Waals surface area contributed by atoms with E-state index in [1.165, 1.54) is 4.90 Å². The molecule has 3 aliphatic rings. The standard InChI is InChI=1S/C22H36N2O6/c1-8-29-20(28)16-15-19(27)24(14(10-25)11(2)3)17(18(26)23-12(4)5)22(15)9-13(6)21(16,7)30-22/h11-17,25H,8-10H2,1-7H3,(H,23,26)/t13?,14-,15-,16-,17?,21+,22?/m0/s1. The summed E-state index contributed by atoms with van der Waals surface area (Å²) in [5, 5.41) is 13.0. The van der Waals surface area contributed by atoms with Gasteiger partial charge < -0.3 is 24.8 Å². The third kappa shape index (κ3) is 3.06. The average molecular weight is 425 g/mol. The summed E-state index contributed by atoms with van der Waals surface area (Å²) >= 11 is 0. The molecule has 0 radical (unpaired) electrons. The summed E-state index contributed by atoms with van der Waals surface area (Å²) in [6.45, 7) is 13.0. The highest BCUT2D eigenvalue weighted by atomic mass is 16.6. The molecule has 0 aliphatic carbocycles. The summed E-state index contributed by atoms with van der Waals surface area (Å²) in [5.74, 6) is -2.75. The van der Waals surface area contributed by atoms with Gasteiger partial charge in [-0.25, -0.2) is 0 Å². The predicted molar refractivity (Wildman–Crippen MR) is 109 cm³/mol. The summed E-state index contributed by atoms with van der Waals surface area (Å²) in [5.41, 5.74) is -1.98. The van der Waals surface area contributed by atoms with E-state index >= 15 is 0 Å². The van der Waals surface area contributed by atoms with Crippen molar-refractivity contribution in [2.24, 2.45) is 23.7 Å². The quantitative estimate of drug-likeness (QED) is 0.593. The molecular formula is C22H36N2O6. The second kappa shape index (κ2) is 7.79. The van der Waals surface area contributed by atoms with Gasteiger partial charge in [-0.15, -0.1) is 0 Å². The zero-order valence-corrected chi connectivity index (χ0v) is 19.1. The predicted octanol–water partition coefficient (Wildman–Crippen LogP) is 1.10. The normalized spacial score (nSPS) is 38.3. The molecule has 8 heteroatoms. The maximum absolute atomic E-state index is 13.8.